The minimum absolute atomic E-state index is 0.0713. The number of hydrogen-bond donors (Lipinski definition) is 1. The van der Waals surface area contributed by atoms with E-state index in [0.717, 1.165) is 5.56 Å². The van der Waals surface area contributed by atoms with Crippen molar-refractivity contribution in [2.45, 2.75) is 38.4 Å². The van der Waals surface area contributed by atoms with E-state index in [9.17, 15) is 18.8 Å². The average Bonchev–Trinajstić information content (AvgIpc) is 3.28. The molecule has 3 atom stereocenters. The summed E-state index contributed by atoms with van der Waals surface area (Å²) in [7, 11) is 4.61. The summed E-state index contributed by atoms with van der Waals surface area (Å²) in [5, 5.41) is 3.17. The van der Waals surface area contributed by atoms with Gasteiger partial charge in [0.15, 0.2) is 0 Å². The van der Waals surface area contributed by atoms with E-state index in [2.05, 4.69) is 17.1 Å². The fourth-order valence-corrected chi connectivity index (χ4v) is 4.98. The van der Waals surface area contributed by atoms with Crippen molar-refractivity contribution in [2.24, 2.45) is 0 Å². The van der Waals surface area contributed by atoms with E-state index in [1.807, 2.05) is 11.8 Å². The van der Waals surface area contributed by atoms with Gasteiger partial charge in [-0.25, -0.2) is 4.39 Å². The molecule has 4 rings (SSSR count). The monoisotopic (exact) mass is 496 g/mol. The molecule has 1 fully saturated rings. The second-order valence-electron chi connectivity index (χ2n) is 9.85. The Morgan fingerprint density at radius 3 is 2.42 bits per heavy atom. The number of piperazine rings is 1. The van der Waals surface area contributed by atoms with Crippen LogP contribution < -0.4 is 10.1 Å². The molecule has 192 valence electrons. The third kappa shape index (κ3) is 4.93. The zero-order chi connectivity index (χ0) is 26.1. The van der Waals surface area contributed by atoms with E-state index in [-0.39, 0.29) is 23.8 Å². The number of carbonyl (C=O) groups is 3. The zero-order valence-corrected chi connectivity index (χ0v) is 21.4. The van der Waals surface area contributed by atoms with Gasteiger partial charge in [0.25, 0.3) is 11.8 Å². The van der Waals surface area contributed by atoms with E-state index < -0.39 is 17.6 Å². The number of ketones is 1. The summed E-state index contributed by atoms with van der Waals surface area (Å²) >= 11 is 0. The summed E-state index contributed by atoms with van der Waals surface area (Å²) in [6, 6.07) is 9.94. The van der Waals surface area contributed by atoms with E-state index in [0.29, 0.717) is 48.7 Å². The minimum atomic E-state index is -0.656. The molecule has 0 aliphatic carbocycles. The number of likely N-dealkylation sites (N-methyl/N-ethyl adjacent to an activating group) is 1. The molecule has 2 aliphatic rings. The van der Waals surface area contributed by atoms with Crippen LogP contribution in [-0.4, -0.2) is 85.2 Å². The van der Waals surface area contributed by atoms with Gasteiger partial charge < -0.3 is 19.9 Å². The number of benzene rings is 2. The maximum absolute atomic E-state index is 13.8. The van der Waals surface area contributed by atoms with Gasteiger partial charge in [-0.15, -0.1) is 0 Å². The molecule has 2 aromatic rings. The van der Waals surface area contributed by atoms with E-state index in [1.54, 1.807) is 38.4 Å². The molecule has 2 heterocycles. The predicted molar refractivity (Wildman–Crippen MR) is 135 cm³/mol. The average molecular weight is 497 g/mol. The smallest absolute Gasteiger partial charge is 0.290 e. The first-order chi connectivity index (χ1) is 17.1. The molecule has 0 aromatic heterocycles. The number of Topliss-reactive ketones (excluding diaryl/α,β-unsaturated/α-hetero) is 1. The highest BCUT2D eigenvalue weighted by Gasteiger charge is 2.37. The minimum Gasteiger partial charge on any atom is -0.496 e. The zero-order valence-electron chi connectivity index (χ0n) is 21.4. The first kappa shape index (κ1) is 25.6. The van der Waals surface area contributed by atoms with Gasteiger partial charge in [0.1, 0.15) is 11.6 Å². The topological polar surface area (TPSA) is 82.2 Å². The predicted octanol–water partition coefficient (Wildman–Crippen LogP) is 2.74. The van der Waals surface area contributed by atoms with Crippen molar-refractivity contribution < 1.29 is 23.5 Å². The highest BCUT2D eigenvalue weighted by atomic mass is 19.1. The third-order valence-corrected chi connectivity index (χ3v) is 7.08. The second-order valence-corrected chi connectivity index (χ2v) is 9.85. The molecular formula is C27H33FN4O4. The standard InChI is InChI=1S/C27H33FN4O4/c1-16-14-32(17(2)13-31(16)15-18-6-8-19(28)9-7-18)26(34)21-10-20-22(25(33)27(35)30(3)4)12-29-23(20)11-24(21)36-5/h6-11,16-17,22,29H,12-15H2,1-5H3. The fraction of sp³-hybridized carbons (Fsp3) is 0.444. The van der Waals surface area contributed by atoms with Gasteiger partial charge in [0.05, 0.1) is 18.6 Å². The van der Waals surface area contributed by atoms with Crippen molar-refractivity contribution in [3.63, 3.8) is 0 Å². The summed E-state index contributed by atoms with van der Waals surface area (Å²) in [5.41, 5.74) is 2.72. The number of nitrogens with zero attached hydrogens (tertiary/aromatic N) is 3. The summed E-state index contributed by atoms with van der Waals surface area (Å²) < 4.78 is 18.8. The summed E-state index contributed by atoms with van der Waals surface area (Å²) in [6.45, 7) is 6.22. The molecule has 2 aromatic carbocycles. The second kappa shape index (κ2) is 10.3. The molecule has 1 N–H and O–H groups in total. The Hall–Kier alpha value is -3.46. The highest BCUT2D eigenvalue weighted by Crippen LogP contribution is 2.38. The lowest BCUT2D eigenvalue weighted by Crippen LogP contribution is -2.57. The van der Waals surface area contributed by atoms with Crippen LogP contribution >= 0.6 is 0 Å². The number of carbonyl (C=O) groups excluding carboxylic acids is 3. The normalized spacial score (nSPS) is 21.5. The molecule has 9 heteroatoms. The van der Waals surface area contributed by atoms with Crippen LogP contribution in [-0.2, 0) is 16.1 Å². The first-order valence-electron chi connectivity index (χ1n) is 12.1. The number of amides is 2. The first-order valence-corrected chi connectivity index (χ1v) is 12.1. The van der Waals surface area contributed by atoms with E-state index >= 15 is 0 Å². The van der Waals surface area contributed by atoms with Crippen LogP contribution in [0.1, 0.15) is 41.3 Å². The van der Waals surface area contributed by atoms with Crippen LogP contribution in [0.3, 0.4) is 0 Å². The molecule has 0 saturated carbocycles. The van der Waals surface area contributed by atoms with Crippen molar-refractivity contribution in [1.82, 2.24) is 14.7 Å². The third-order valence-electron chi connectivity index (χ3n) is 7.08. The number of rotatable bonds is 6. The Kier molecular flexibility index (Phi) is 7.31. The number of halogens is 1. The van der Waals surface area contributed by atoms with E-state index in [4.69, 9.17) is 4.74 Å². The molecule has 0 bridgehead atoms. The molecule has 3 unspecified atom stereocenters. The van der Waals surface area contributed by atoms with Gasteiger partial charge in [0, 0.05) is 64.1 Å². The molecule has 2 amide bonds. The summed E-state index contributed by atoms with van der Waals surface area (Å²) in [5.74, 6) is -1.75. The lowest BCUT2D eigenvalue weighted by atomic mass is 9.93. The lowest BCUT2D eigenvalue weighted by molar-refractivity contribution is -0.143. The molecule has 0 spiro atoms. The largest absolute Gasteiger partial charge is 0.496 e. The number of anilines is 1. The Labute approximate surface area is 211 Å². The van der Waals surface area contributed by atoms with Crippen molar-refractivity contribution in [1.29, 1.82) is 0 Å². The molecule has 2 aliphatic heterocycles. The molecule has 0 radical (unpaired) electrons. The molecule has 8 nitrogen and oxygen atoms in total. The van der Waals surface area contributed by atoms with Gasteiger partial charge in [-0.05, 0) is 43.2 Å². The lowest BCUT2D eigenvalue weighted by Gasteiger charge is -2.44. The fourth-order valence-electron chi connectivity index (χ4n) is 4.98. The van der Waals surface area contributed by atoms with Crippen molar-refractivity contribution in [2.75, 3.05) is 46.2 Å². The van der Waals surface area contributed by atoms with Crippen molar-refractivity contribution in [3.8, 4) is 5.75 Å². The molecular weight excluding hydrogens is 463 g/mol. The number of fused-ring (bicyclic) bond motifs is 1. The maximum atomic E-state index is 13.8. The highest BCUT2D eigenvalue weighted by molar-refractivity contribution is 6.38. The SMILES string of the molecule is COc1cc2c(cc1C(=O)N1CC(C)N(Cc3ccc(F)cc3)CC1C)C(C(=O)C(=O)N(C)C)CN2. The quantitative estimate of drug-likeness (QED) is 0.620. The number of methoxy groups -OCH3 is 1. The Morgan fingerprint density at radius 1 is 1.08 bits per heavy atom. The van der Waals surface area contributed by atoms with Crippen LogP contribution in [0.4, 0.5) is 10.1 Å². The maximum Gasteiger partial charge on any atom is 0.290 e. The van der Waals surface area contributed by atoms with E-state index in [1.165, 1.54) is 24.1 Å². The summed E-state index contributed by atoms with van der Waals surface area (Å²) in [4.78, 5) is 44.3. The van der Waals surface area contributed by atoms with Crippen LogP contribution in [0, 0.1) is 5.82 Å². The van der Waals surface area contributed by atoms with Gasteiger partial charge in [-0.2, -0.15) is 0 Å². The Bertz CT molecular complexity index is 1170. The van der Waals surface area contributed by atoms with Crippen molar-refractivity contribution in [3.05, 3.63) is 58.9 Å². The molecule has 1 saturated heterocycles. The number of nitrogens with one attached hydrogen (secondary N) is 1. The Morgan fingerprint density at radius 2 is 1.78 bits per heavy atom. The van der Waals surface area contributed by atoms with Gasteiger partial charge in [-0.1, -0.05) is 12.1 Å². The van der Waals surface area contributed by atoms with Gasteiger partial charge >= 0.3 is 0 Å². The van der Waals surface area contributed by atoms with Crippen LogP contribution in [0.2, 0.25) is 0 Å². The molecule has 36 heavy (non-hydrogen) atoms. The Balaban J connectivity index is 1.56. The van der Waals surface area contributed by atoms with Crippen LogP contribution in [0.25, 0.3) is 0 Å². The number of ether oxygens (including phenoxy) is 1. The number of hydrogen-bond acceptors (Lipinski definition) is 6. The van der Waals surface area contributed by atoms with Gasteiger partial charge in [0.2, 0.25) is 5.78 Å². The summed E-state index contributed by atoms with van der Waals surface area (Å²) in [6.07, 6.45) is 0. The van der Waals surface area contributed by atoms with Crippen LogP contribution in [0.5, 0.6) is 5.75 Å². The van der Waals surface area contributed by atoms with Gasteiger partial charge in [-0.3, -0.25) is 19.3 Å². The van der Waals surface area contributed by atoms with Crippen molar-refractivity contribution >= 4 is 23.3 Å². The van der Waals surface area contributed by atoms with Crippen LogP contribution in [0.15, 0.2) is 36.4 Å².